The molecule has 0 amide bonds. The molecule has 0 aliphatic rings. The number of rotatable bonds is 6. The van der Waals surface area contributed by atoms with E-state index >= 15 is 0 Å². The first-order valence-corrected chi connectivity index (χ1v) is 8.74. The Morgan fingerprint density at radius 1 is 0.900 bits per heavy atom. The number of unbranched alkanes of at least 4 members (excludes halogenated alkanes) is 1. The predicted octanol–water partition coefficient (Wildman–Crippen LogP) is 6.44. The molecule has 2 heteroatoms. The van der Waals surface area contributed by atoms with Crippen molar-refractivity contribution in [1.82, 2.24) is 0 Å². The van der Waals surface area contributed by atoms with E-state index in [0.717, 1.165) is 5.75 Å². The van der Waals surface area contributed by atoms with Crippen LogP contribution in [0, 0.1) is 0 Å². The van der Waals surface area contributed by atoms with Gasteiger partial charge in [0.25, 0.3) is 0 Å². The lowest BCUT2D eigenvalue weighted by Gasteiger charge is -2.11. The summed E-state index contributed by atoms with van der Waals surface area (Å²) < 4.78 is 1.19. The van der Waals surface area contributed by atoms with Gasteiger partial charge in [0.2, 0.25) is 0 Å². The molecule has 2 aromatic carbocycles. The standard InChI is InChI=1S/C18H19BrS/c1-2-3-14-20-18(16-12-8-5-9-13-16)17(19)15-10-6-4-7-11-15/h4-13H,2-3,14H2,1H3. The van der Waals surface area contributed by atoms with Gasteiger partial charge in [0, 0.05) is 9.39 Å². The largest absolute Gasteiger partial charge is 0.124 e. The Labute approximate surface area is 134 Å². The van der Waals surface area contributed by atoms with Gasteiger partial charge in [0.15, 0.2) is 0 Å². The highest BCUT2D eigenvalue weighted by atomic mass is 79.9. The van der Waals surface area contributed by atoms with Crippen LogP contribution in [0.1, 0.15) is 30.9 Å². The van der Waals surface area contributed by atoms with Crippen molar-refractivity contribution >= 4 is 37.1 Å². The molecule has 20 heavy (non-hydrogen) atoms. The van der Waals surface area contributed by atoms with E-state index in [1.165, 1.54) is 33.4 Å². The monoisotopic (exact) mass is 346 g/mol. The van der Waals surface area contributed by atoms with Crippen molar-refractivity contribution in [2.45, 2.75) is 19.8 Å². The van der Waals surface area contributed by atoms with Crippen molar-refractivity contribution in [1.29, 1.82) is 0 Å². The molecule has 0 aromatic heterocycles. The zero-order valence-electron chi connectivity index (χ0n) is 11.7. The van der Waals surface area contributed by atoms with E-state index in [2.05, 4.69) is 83.5 Å². The quantitative estimate of drug-likeness (QED) is 0.428. The first kappa shape index (κ1) is 15.4. The maximum absolute atomic E-state index is 3.80. The van der Waals surface area contributed by atoms with Gasteiger partial charge in [0.1, 0.15) is 0 Å². The van der Waals surface area contributed by atoms with Crippen LogP contribution in [0.5, 0.6) is 0 Å². The Kier molecular flexibility index (Phi) is 6.41. The summed E-state index contributed by atoms with van der Waals surface area (Å²) in [5.74, 6) is 1.16. The minimum Gasteiger partial charge on any atom is -0.124 e. The number of halogens is 1. The molecule has 0 unspecified atom stereocenters. The first-order chi connectivity index (χ1) is 9.83. The first-order valence-electron chi connectivity index (χ1n) is 6.96. The van der Waals surface area contributed by atoms with E-state index in [9.17, 15) is 0 Å². The fraction of sp³-hybridized carbons (Fsp3) is 0.222. The van der Waals surface area contributed by atoms with Crippen molar-refractivity contribution < 1.29 is 0 Å². The number of hydrogen-bond donors (Lipinski definition) is 0. The van der Waals surface area contributed by atoms with E-state index in [4.69, 9.17) is 0 Å². The lowest BCUT2D eigenvalue weighted by Crippen LogP contribution is -1.87. The minimum atomic E-state index is 1.16. The van der Waals surface area contributed by atoms with Crippen LogP contribution in [0.3, 0.4) is 0 Å². The second-order valence-corrected chi connectivity index (χ2v) is 6.48. The van der Waals surface area contributed by atoms with Crippen molar-refractivity contribution in [3.8, 4) is 0 Å². The highest BCUT2D eigenvalue weighted by Gasteiger charge is 2.09. The maximum Gasteiger partial charge on any atom is 0.0389 e. The smallest absolute Gasteiger partial charge is 0.0389 e. The fourth-order valence-electron chi connectivity index (χ4n) is 1.90. The third-order valence-corrected chi connectivity index (χ3v) is 5.34. The molecule has 0 spiro atoms. The van der Waals surface area contributed by atoms with Gasteiger partial charge in [-0.15, -0.1) is 11.8 Å². The van der Waals surface area contributed by atoms with Gasteiger partial charge < -0.3 is 0 Å². The number of benzene rings is 2. The average molecular weight is 347 g/mol. The zero-order chi connectivity index (χ0) is 14.2. The predicted molar refractivity (Wildman–Crippen MR) is 96.0 cm³/mol. The maximum atomic E-state index is 3.80. The average Bonchev–Trinajstić information content (AvgIpc) is 2.53. The molecule has 0 bridgehead atoms. The van der Waals surface area contributed by atoms with Crippen molar-refractivity contribution in [3.63, 3.8) is 0 Å². The molecule has 0 atom stereocenters. The molecule has 104 valence electrons. The summed E-state index contributed by atoms with van der Waals surface area (Å²) in [5.41, 5.74) is 2.51. The van der Waals surface area contributed by atoms with Crippen LogP contribution in [-0.4, -0.2) is 5.75 Å². The summed E-state index contributed by atoms with van der Waals surface area (Å²) in [7, 11) is 0. The van der Waals surface area contributed by atoms with Gasteiger partial charge in [-0.2, -0.15) is 0 Å². The molecule has 0 N–H and O–H groups in total. The Hall–Kier alpha value is -0.990. The summed E-state index contributed by atoms with van der Waals surface area (Å²) in [6.07, 6.45) is 2.48. The van der Waals surface area contributed by atoms with Crippen molar-refractivity contribution in [2.75, 3.05) is 5.75 Å². The van der Waals surface area contributed by atoms with Gasteiger partial charge in [-0.05, 0) is 39.2 Å². The molecule has 0 radical (unpaired) electrons. The molecule has 0 nitrogen and oxygen atoms in total. The summed E-state index contributed by atoms with van der Waals surface area (Å²) in [5, 5.41) is 0. The van der Waals surface area contributed by atoms with Crippen LogP contribution in [0.25, 0.3) is 9.39 Å². The molecule has 2 rings (SSSR count). The van der Waals surface area contributed by atoms with E-state index in [-0.39, 0.29) is 0 Å². The highest BCUT2D eigenvalue weighted by molar-refractivity contribution is 9.15. The molecule has 0 saturated carbocycles. The van der Waals surface area contributed by atoms with Crippen molar-refractivity contribution in [2.24, 2.45) is 0 Å². The van der Waals surface area contributed by atoms with E-state index < -0.39 is 0 Å². The number of hydrogen-bond acceptors (Lipinski definition) is 1. The number of thioether (sulfide) groups is 1. The lowest BCUT2D eigenvalue weighted by molar-refractivity contribution is 0.898. The second kappa shape index (κ2) is 8.33. The van der Waals surface area contributed by atoms with Crippen LogP contribution in [0.4, 0.5) is 0 Å². The Morgan fingerprint density at radius 2 is 1.45 bits per heavy atom. The van der Waals surface area contributed by atoms with Crippen LogP contribution in [0.2, 0.25) is 0 Å². The third kappa shape index (κ3) is 4.26. The topological polar surface area (TPSA) is 0 Å². The Morgan fingerprint density at radius 3 is 2.00 bits per heavy atom. The molecule has 0 fully saturated rings. The molecular weight excluding hydrogens is 328 g/mol. The molecular formula is C18H19BrS. The summed E-state index contributed by atoms with van der Waals surface area (Å²) in [6, 6.07) is 21.1. The summed E-state index contributed by atoms with van der Waals surface area (Å²) in [6.45, 7) is 2.23. The summed E-state index contributed by atoms with van der Waals surface area (Å²) in [4.78, 5) is 1.32. The SMILES string of the molecule is CCCCSC(=C(Br)c1ccccc1)c1ccccc1. The van der Waals surface area contributed by atoms with Crippen LogP contribution in [0.15, 0.2) is 60.7 Å². The van der Waals surface area contributed by atoms with Gasteiger partial charge in [-0.25, -0.2) is 0 Å². The second-order valence-electron chi connectivity index (χ2n) is 4.58. The zero-order valence-corrected chi connectivity index (χ0v) is 14.1. The normalized spacial score (nSPS) is 12.1. The third-order valence-electron chi connectivity index (χ3n) is 3.01. The Bertz CT molecular complexity index is 546. The molecule has 0 saturated heterocycles. The van der Waals surface area contributed by atoms with Gasteiger partial charge >= 0.3 is 0 Å². The minimum absolute atomic E-state index is 1.16. The lowest BCUT2D eigenvalue weighted by atomic mass is 10.1. The van der Waals surface area contributed by atoms with E-state index in [1.807, 2.05) is 11.8 Å². The van der Waals surface area contributed by atoms with Gasteiger partial charge in [-0.1, -0.05) is 74.0 Å². The van der Waals surface area contributed by atoms with Gasteiger partial charge in [0.05, 0.1) is 0 Å². The molecule has 0 aliphatic carbocycles. The van der Waals surface area contributed by atoms with Crippen molar-refractivity contribution in [3.05, 3.63) is 71.8 Å². The Balaban J connectivity index is 2.35. The van der Waals surface area contributed by atoms with Gasteiger partial charge in [-0.3, -0.25) is 0 Å². The molecule has 0 aliphatic heterocycles. The van der Waals surface area contributed by atoms with E-state index in [0.29, 0.717) is 0 Å². The van der Waals surface area contributed by atoms with Crippen LogP contribution < -0.4 is 0 Å². The molecule has 0 heterocycles. The summed E-state index contributed by atoms with van der Waals surface area (Å²) >= 11 is 5.73. The van der Waals surface area contributed by atoms with Crippen LogP contribution in [-0.2, 0) is 0 Å². The molecule has 2 aromatic rings. The fourth-order valence-corrected chi connectivity index (χ4v) is 3.92. The van der Waals surface area contributed by atoms with E-state index in [1.54, 1.807) is 0 Å². The highest BCUT2D eigenvalue weighted by Crippen LogP contribution is 2.39. The van der Waals surface area contributed by atoms with Crippen LogP contribution >= 0.6 is 27.7 Å².